The molecule has 1 heterocycles. The maximum absolute atomic E-state index is 13.1. The first-order valence-corrected chi connectivity index (χ1v) is 7.71. The van der Waals surface area contributed by atoms with Gasteiger partial charge >= 0.3 is 0 Å². The average molecular weight is 303 g/mol. The minimum atomic E-state index is -0.239. The number of carbonyl (C=O) groups excluding carboxylic acids is 1. The minimum absolute atomic E-state index is 0.0180. The van der Waals surface area contributed by atoms with Gasteiger partial charge in [-0.15, -0.1) is 10.2 Å². The number of nitrogens with one attached hydrogen (secondary N) is 1. The number of carbonyl (C=O) groups is 1. The lowest BCUT2D eigenvalue weighted by Crippen LogP contribution is -2.14. The Morgan fingerprint density at radius 1 is 1.29 bits per heavy atom. The van der Waals surface area contributed by atoms with E-state index in [1.54, 1.807) is 18.2 Å². The lowest BCUT2D eigenvalue weighted by Gasteiger charge is -2.04. The summed E-state index contributed by atoms with van der Waals surface area (Å²) in [6.45, 7) is 0. The van der Waals surface area contributed by atoms with Gasteiger partial charge in [0.2, 0.25) is 5.91 Å². The van der Waals surface area contributed by atoms with Crippen molar-refractivity contribution < 1.29 is 9.18 Å². The smallest absolute Gasteiger partial charge is 0.228 e. The molecular weight excluding hydrogens is 289 g/mol. The Morgan fingerprint density at radius 2 is 2.14 bits per heavy atom. The second kappa shape index (κ2) is 6.22. The van der Waals surface area contributed by atoms with Gasteiger partial charge in [0.1, 0.15) is 10.8 Å². The molecule has 21 heavy (non-hydrogen) atoms. The van der Waals surface area contributed by atoms with E-state index in [1.165, 1.54) is 23.9 Å². The van der Waals surface area contributed by atoms with E-state index >= 15 is 0 Å². The molecule has 0 atom stereocenters. The standard InChI is InChI=1S/C15H14FN3OS/c16-12-3-1-2-10(8-12)9-21-14-7-6-13(18-19-14)17-15(20)11-4-5-11/h1-3,6-8,11H,4-5,9H2,(H,17,18,20). The third-order valence-electron chi connectivity index (χ3n) is 3.12. The zero-order chi connectivity index (χ0) is 14.7. The van der Waals surface area contributed by atoms with Gasteiger partial charge in [-0.05, 0) is 42.7 Å². The molecule has 6 heteroatoms. The fraction of sp³-hybridized carbons (Fsp3) is 0.267. The van der Waals surface area contributed by atoms with Crippen LogP contribution in [0.1, 0.15) is 18.4 Å². The predicted molar refractivity (Wildman–Crippen MR) is 79.3 cm³/mol. The van der Waals surface area contributed by atoms with Crippen LogP contribution >= 0.6 is 11.8 Å². The molecule has 108 valence electrons. The Bertz CT molecular complexity index is 644. The van der Waals surface area contributed by atoms with E-state index in [-0.39, 0.29) is 17.6 Å². The number of amides is 1. The van der Waals surface area contributed by atoms with Crippen molar-refractivity contribution in [1.29, 1.82) is 0 Å². The summed E-state index contributed by atoms with van der Waals surface area (Å²) in [7, 11) is 0. The molecule has 1 aliphatic carbocycles. The number of aromatic nitrogens is 2. The van der Waals surface area contributed by atoms with Crippen LogP contribution in [0.2, 0.25) is 0 Å². The van der Waals surface area contributed by atoms with Gasteiger partial charge in [0.05, 0.1) is 0 Å². The van der Waals surface area contributed by atoms with E-state index in [1.807, 2.05) is 6.07 Å². The molecule has 1 amide bonds. The van der Waals surface area contributed by atoms with E-state index in [0.717, 1.165) is 23.4 Å². The van der Waals surface area contributed by atoms with Crippen molar-refractivity contribution in [2.45, 2.75) is 23.6 Å². The number of thioether (sulfide) groups is 1. The number of benzene rings is 1. The highest BCUT2D eigenvalue weighted by Gasteiger charge is 2.29. The number of nitrogens with zero attached hydrogens (tertiary/aromatic N) is 2. The average Bonchev–Trinajstić information content (AvgIpc) is 3.31. The second-order valence-electron chi connectivity index (χ2n) is 4.94. The monoisotopic (exact) mass is 303 g/mol. The third kappa shape index (κ3) is 4.01. The molecule has 1 fully saturated rings. The fourth-order valence-electron chi connectivity index (χ4n) is 1.82. The Balaban J connectivity index is 1.55. The van der Waals surface area contributed by atoms with E-state index in [2.05, 4.69) is 15.5 Å². The fourth-order valence-corrected chi connectivity index (χ4v) is 2.58. The topological polar surface area (TPSA) is 54.9 Å². The summed E-state index contributed by atoms with van der Waals surface area (Å²) >= 11 is 1.48. The van der Waals surface area contributed by atoms with Gasteiger partial charge in [-0.1, -0.05) is 23.9 Å². The quantitative estimate of drug-likeness (QED) is 0.861. The summed E-state index contributed by atoms with van der Waals surface area (Å²) in [5, 5.41) is 11.5. The van der Waals surface area contributed by atoms with Crippen LogP contribution in [0.3, 0.4) is 0 Å². The van der Waals surface area contributed by atoms with E-state index < -0.39 is 0 Å². The number of hydrogen-bond acceptors (Lipinski definition) is 4. The normalized spacial score (nSPS) is 14.0. The van der Waals surface area contributed by atoms with Gasteiger partial charge in [0.25, 0.3) is 0 Å². The van der Waals surface area contributed by atoms with Crippen LogP contribution in [0, 0.1) is 11.7 Å². The minimum Gasteiger partial charge on any atom is -0.309 e. The van der Waals surface area contributed by atoms with Crippen LogP contribution in [-0.2, 0) is 10.5 Å². The van der Waals surface area contributed by atoms with Crippen molar-refractivity contribution in [3.05, 3.63) is 47.8 Å². The largest absolute Gasteiger partial charge is 0.309 e. The van der Waals surface area contributed by atoms with E-state index in [9.17, 15) is 9.18 Å². The van der Waals surface area contributed by atoms with Crippen molar-refractivity contribution in [2.75, 3.05) is 5.32 Å². The van der Waals surface area contributed by atoms with Crippen LogP contribution < -0.4 is 5.32 Å². The van der Waals surface area contributed by atoms with Crippen molar-refractivity contribution >= 4 is 23.5 Å². The first-order valence-electron chi connectivity index (χ1n) is 6.72. The van der Waals surface area contributed by atoms with Crippen LogP contribution in [0.25, 0.3) is 0 Å². The zero-order valence-electron chi connectivity index (χ0n) is 11.3. The van der Waals surface area contributed by atoms with Gasteiger partial charge in [-0.3, -0.25) is 4.79 Å². The zero-order valence-corrected chi connectivity index (χ0v) is 12.1. The summed E-state index contributed by atoms with van der Waals surface area (Å²) in [4.78, 5) is 11.6. The third-order valence-corrected chi connectivity index (χ3v) is 4.11. The summed E-state index contributed by atoms with van der Waals surface area (Å²) in [5.74, 6) is 1.03. The molecule has 1 aromatic carbocycles. The first-order chi connectivity index (χ1) is 10.2. The number of halogens is 1. The summed E-state index contributed by atoms with van der Waals surface area (Å²) in [5.41, 5.74) is 0.896. The summed E-state index contributed by atoms with van der Waals surface area (Å²) in [6, 6.07) is 10.0. The highest BCUT2D eigenvalue weighted by Crippen LogP contribution is 2.30. The molecule has 3 rings (SSSR count). The molecule has 1 saturated carbocycles. The Labute approximate surface area is 126 Å². The lowest BCUT2D eigenvalue weighted by molar-refractivity contribution is -0.117. The first kappa shape index (κ1) is 14.0. The van der Waals surface area contributed by atoms with Crippen LogP contribution in [-0.4, -0.2) is 16.1 Å². The molecule has 4 nitrogen and oxygen atoms in total. The molecule has 2 aromatic rings. The second-order valence-corrected chi connectivity index (χ2v) is 5.93. The molecule has 0 unspecified atom stereocenters. The van der Waals surface area contributed by atoms with E-state index in [4.69, 9.17) is 0 Å². The molecule has 1 N–H and O–H groups in total. The maximum Gasteiger partial charge on any atom is 0.228 e. The van der Waals surface area contributed by atoms with Crippen molar-refractivity contribution in [2.24, 2.45) is 5.92 Å². The Hall–Kier alpha value is -1.95. The van der Waals surface area contributed by atoms with Gasteiger partial charge in [-0.2, -0.15) is 0 Å². The molecule has 0 spiro atoms. The Kier molecular flexibility index (Phi) is 4.15. The summed E-state index contributed by atoms with van der Waals surface area (Å²) in [6.07, 6.45) is 1.92. The molecule has 1 aromatic heterocycles. The molecule has 1 aliphatic rings. The van der Waals surface area contributed by atoms with Crippen LogP contribution in [0.4, 0.5) is 10.2 Å². The number of rotatable bonds is 5. The molecule has 0 radical (unpaired) electrons. The van der Waals surface area contributed by atoms with Gasteiger partial charge < -0.3 is 5.32 Å². The maximum atomic E-state index is 13.1. The number of hydrogen-bond donors (Lipinski definition) is 1. The van der Waals surface area contributed by atoms with Crippen LogP contribution in [0.15, 0.2) is 41.4 Å². The van der Waals surface area contributed by atoms with Crippen molar-refractivity contribution in [3.63, 3.8) is 0 Å². The number of anilines is 1. The molecule has 0 saturated heterocycles. The van der Waals surface area contributed by atoms with Crippen molar-refractivity contribution in [1.82, 2.24) is 10.2 Å². The molecular formula is C15H14FN3OS. The highest BCUT2D eigenvalue weighted by molar-refractivity contribution is 7.98. The van der Waals surface area contributed by atoms with Gasteiger partial charge in [0.15, 0.2) is 5.82 Å². The van der Waals surface area contributed by atoms with E-state index in [0.29, 0.717) is 11.6 Å². The summed E-state index contributed by atoms with van der Waals surface area (Å²) < 4.78 is 13.1. The SMILES string of the molecule is O=C(Nc1ccc(SCc2cccc(F)c2)nn1)C1CC1. The van der Waals surface area contributed by atoms with Crippen molar-refractivity contribution in [3.8, 4) is 0 Å². The predicted octanol–water partition coefficient (Wildman–Crippen LogP) is 3.26. The lowest BCUT2D eigenvalue weighted by atomic mass is 10.2. The van der Waals surface area contributed by atoms with Gasteiger partial charge in [-0.25, -0.2) is 4.39 Å². The Morgan fingerprint density at radius 3 is 2.81 bits per heavy atom. The van der Waals surface area contributed by atoms with Crippen LogP contribution in [0.5, 0.6) is 0 Å². The highest BCUT2D eigenvalue weighted by atomic mass is 32.2. The molecule has 0 aliphatic heterocycles. The molecule has 0 bridgehead atoms. The van der Waals surface area contributed by atoms with Gasteiger partial charge in [0, 0.05) is 11.7 Å².